The summed E-state index contributed by atoms with van der Waals surface area (Å²) in [4.78, 5) is 18.6. The van der Waals surface area contributed by atoms with Gasteiger partial charge in [0.1, 0.15) is 0 Å². The Bertz CT molecular complexity index is 1250. The van der Waals surface area contributed by atoms with Crippen molar-refractivity contribution in [2.45, 2.75) is 0 Å². The average molecular weight is 394 g/mol. The van der Waals surface area contributed by atoms with Gasteiger partial charge in [0.05, 0.1) is 21.0 Å². The van der Waals surface area contributed by atoms with Crippen molar-refractivity contribution in [2.24, 2.45) is 0 Å². The molecule has 7 nitrogen and oxygen atoms in total. The molecule has 0 saturated carbocycles. The van der Waals surface area contributed by atoms with E-state index in [4.69, 9.17) is 9.05 Å². The number of nitrogens with zero attached hydrogens (tertiary/aromatic N) is 4. The average Bonchev–Trinajstić information content (AvgIpc) is 3.47. The lowest BCUT2D eigenvalue weighted by molar-refractivity contribution is 0.383. The minimum atomic E-state index is -0.580. The summed E-state index contributed by atoms with van der Waals surface area (Å²) >= 11 is 3.00. The second-order valence-electron chi connectivity index (χ2n) is 5.50. The van der Waals surface area contributed by atoms with E-state index in [0.717, 1.165) is 9.75 Å². The van der Waals surface area contributed by atoms with Crippen molar-refractivity contribution < 1.29 is 9.05 Å². The van der Waals surface area contributed by atoms with Crippen molar-refractivity contribution in [3.63, 3.8) is 0 Å². The Kier molecular flexibility index (Phi) is 3.80. The summed E-state index contributed by atoms with van der Waals surface area (Å²) in [7, 11) is 0. The van der Waals surface area contributed by atoms with E-state index in [1.165, 1.54) is 27.2 Å². The number of thiophene rings is 2. The molecule has 4 heterocycles. The van der Waals surface area contributed by atoms with Crippen LogP contribution in [0.3, 0.4) is 0 Å². The van der Waals surface area contributed by atoms with Crippen LogP contribution < -0.4 is 5.76 Å². The number of para-hydroxylation sites is 1. The monoisotopic (exact) mass is 394 g/mol. The predicted molar refractivity (Wildman–Crippen MR) is 102 cm³/mol. The maximum Gasteiger partial charge on any atom is 0.446 e. The van der Waals surface area contributed by atoms with Gasteiger partial charge in [-0.05, 0) is 35.0 Å². The van der Waals surface area contributed by atoms with Crippen LogP contribution in [0.25, 0.3) is 38.5 Å². The van der Waals surface area contributed by atoms with Gasteiger partial charge in [0.2, 0.25) is 5.82 Å². The van der Waals surface area contributed by atoms with Gasteiger partial charge in [-0.15, -0.1) is 22.7 Å². The molecular weight excluding hydrogens is 384 g/mol. The minimum absolute atomic E-state index is 0.319. The molecule has 0 amide bonds. The van der Waals surface area contributed by atoms with E-state index in [1.807, 2.05) is 53.2 Å². The lowest BCUT2D eigenvalue weighted by Crippen LogP contribution is -2.14. The highest BCUT2D eigenvalue weighted by Gasteiger charge is 2.21. The number of aromatic nitrogens is 4. The van der Waals surface area contributed by atoms with Crippen LogP contribution in [0, 0.1) is 0 Å². The molecule has 0 saturated heterocycles. The first-order valence-electron chi connectivity index (χ1n) is 7.91. The summed E-state index contributed by atoms with van der Waals surface area (Å²) in [6.45, 7) is 0. The molecule has 5 rings (SSSR count). The summed E-state index contributed by atoms with van der Waals surface area (Å²) < 4.78 is 11.8. The van der Waals surface area contributed by atoms with Gasteiger partial charge in [-0.3, -0.25) is 4.52 Å². The Morgan fingerprint density at radius 3 is 2.41 bits per heavy atom. The molecule has 0 atom stereocenters. The van der Waals surface area contributed by atoms with Gasteiger partial charge in [-0.2, -0.15) is 4.98 Å². The number of hydrogen-bond donors (Lipinski definition) is 0. The maximum absolute atomic E-state index is 12.4. The van der Waals surface area contributed by atoms with Crippen molar-refractivity contribution in [3.05, 3.63) is 69.8 Å². The fourth-order valence-electron chi connectivity index (χ4n) is 2.71. The molecule has 0 aliphatic rings. The van der Waals surface area contributed by atoms with Crippen LogP contribution in [-0.2, 0) is 0 Å². The largest absolute Gasteiger partial charge is 0.446 e. The summed E-state index contributed by atoms with van der Waals surface area (Å²) in [6, 6.07) is 14.9. The standard InChI is InChI=1S/C18H10N4O3S2/c23-18-22(16(21-25-18)14-8-4-10-27-14)12-6-2-1-5-11(12)17-19-15(20-24-17)13-7-3-9-26-13/h1-10H. The lowest BCUT2D eigenvalue weighted by Gasteiger charge is -2.07. The zero-order valence-corrected chi connectivity index (χ0v) is 15.2. The first-order chi connectivity index (χ1) is 13.3. The van der Waals surface area contributed by atoms with Crippen LogP contribution in [0.1, 0.15) is 0 Å². The van der Waals surface area contributed by atoms with Gasteiger partial charge >= 0.3 is 5.76 Å². The van der Waals surface area contributed by atoms with Gasteiger partial charge in [-0.25, -0.2) is 9.36 Å². The Morgan fingerprint density at radius 1 is 0.852 bits per heavy atom. The molecule has 0 radical (unpaired) electrons. The Balaban J connectivity index is 1.67. The summed E-state index contributed by atoms with van der Waals surface area (Å²) in [6.07, 6.45) is 0. The molecule has 0 fully saturated rings. The van der Waals surface area contributed by atoms with Crippen molar-refractivity contribution >= 4 is 22.7 Å². The Labute approximate surface area is 160 Å². The van der Waals surface area contributed by atoms with Gasteiger partial charge in [0.25, 0.3) is 5.89 Å². The highest BCUT2D eigenvalue weighted by Crippen LogP contribution is 2.31. The molecule has 4 aromatic heterocycles. The molecule has 0 unspecified atom stereocenters. The first kappa shape index (κ1) is 15.9. The summed E-state index contributed by atoms with van der Waals surface area (Å²) in [5, 5.41) is 11.8. The fraction of sp³-hybridized carbons (Fsp3) is 0. The van der Waals surface area contributed by atoms with Crippen LogP contribution in [0.5, 0.6) is 0 Å². The SMILES string of the molecule is O=c1onc(-c2cccs2)n1-c1ccccc1-c1nc(-c2cccs2)no1. The molecule has 27 heavy (non-hydrogen) atoms. The van der Waals surface area contributed by atoms with Crippen molar-refractivity contribution in [1.82, 2.24) is 19.9 Å². The number of rotatable bonds is 4. The molecule has 0 aliphatic heterocycles. The minimum Gasteiger partial charge on any atom is -0.334 e. The Hall–Kier alpha value is -3.30. The Morgan fingerprint density at radius 2 is 1.63 bits per heavy atom. The van der Waals surface area contributed by atoms with E-state index >= 15 is 0 Å². The second-order valence-corrected chi connectivity index (χ2v) is 7.40. The highest BCUT2D eigenvalue weighted by molar-refractivity contribution is 7.13. The molecular formula is C18H10N4O3S2. The van der Waals surface area contributed by atoms with Crippen LogP contribution in [0.4, 0.5) is 0 Å². The third kappa shape index (κ3) is 2.73. The molecule has 5 aromatic rings. The van der Waals surface area contributed by atoms with Gasteiger partial charge in [-0.1, -0.05) is 34.6 Å². The number of hydrogen-bond acceptors (Lipinski definition) is 8. The smallest absolute Gasteiger partial charge is 0.334 e. The van der Waals surface area contributed by atoms with E-state index in [0.29, 0.717) is 28.8 Å². The van der Waals surface area contributed by atoms with Gasteiger partial charge in [0, 0.05) is 0 Å². The van der Waals surface area contributed by atoms with Gasteiger partial charge < -0.3 is 4.52 Å². The van der Waals surface area contributed by atoms with E-state index in [2.05, 4.69) is 15.3 Å². The molecule has 0 aliphatic carbocycles. The molecule has 0 spiro atoms. The van der Waals surface area contributed by atoms with Crippen LogP contribution in [-0.4, -0.2) is 19.9 Å². The van der Waals surface area contributed by atoms with Crippen LogP contribution in [0.2, 0.25) is 0 Å². The van der Waals surface area contributed by atoms with E-state index < -0.39 is 5.76 Å². The quantitative estimate of drug-likeness (QED) is 0.451. The second kappa shape index (κ2) is 6.45. The van der Waals surface area contributed by atoms with Crippen molar-refractivity contribution in [1.29, 1.82) is 0 Å². The van der Waals surface area contributed by atoms with E-state index in [-0.39, 0.29) is 0 Å². The third-order valence-electron chi connectivity index (χ3n) is 3.89. The van der Waals surface area contributed by atoms with Gasteiger partial charge in [0.15, 0.2) is 5.82 Å². The number of benzene rings is 1. The summed E-state index contributed by atoms with van der Waals surface area (Å²) in [5.41, 5.74) is 1.18. The highest BCUT2D eigenvalue weighted by atomic mass is 32.1. The molecule has 0 bridgehead atoms. The zero-order chi connectivity index (χ0) is 18.2. The zero-order valence-electron chi connectivity index (χ0n) is 13.6. The normalized spacial score (nSPS) is 11.1. The van der Waals surface area contributed by atoms with Crippen molar-refractivity contribution in [3.8, 4) is 38.5 Å². The van der Waals surface area contributed by atoms with E-state index in [9.17, 15) is 4.79 Å². The van der Waals surface area contributed by atoms with Crippen LogP contribution in [0.15, 0.2) is 73.1 Å². The molecule has 1 aromatic carbocycles. The topological polar surface area (TPSA) is 87.0 Å². The molecule has 0 N–H and O–H groups in total. The fourth-order valence-corrected chi connectivity index (χ4v) is 4.06. The first-order valence-corrected chi connectivity index (χ1v) is 9.67. The van der Waals surface area contributed by atoms with Crippen molar-refractivity contribution in [2.75, 3.05) is 0 Å². The third-order valence-corrected chi connectivity index (χ3v) is 5.62. The van der Waals surface area contributed by atoms with E-state index in [1.54, 1.807) is 6.07 Å². The summed E-state index contributed by atoms with van der Waals surface area (Å²) in [5.74, 6) is 0.675. The maximum atomic E-state index is 12.4. The molecule has 132 valence electrons. The lowest BCUT2D eigenvalue weighted by atomic mass is 10.1. The predicted octanol–water partition coefficient (Wildman–Crippen LogP) is 4.33. The molecule has 9 heteroatoms. The van der Waals surface area contributed by atoms with Crippen LogP contribution >= 0.6 is 22.7 Å².